The molecular weight excluding hydrogens is 207 g/mol. The molecule has 1 aromatic carbocycles. The van der Waals surface area contributed by atoms with E-state index in [2.05, 4.69) is 0 Å². The van der Waals surface area contributed by atoms with Gasteiger partial charge in [0.2, 0.25) is 5.78 Å². The van der Waals surface area contributed by atoms with Crippen molar-refractivity contribution in [2.75, 3.05) is 0 Å². The summed E-state index contributed by atoms with van der Waals surface area (Å²) in [5.41, 5.74) is 1.34. The zero-order valence-corrected chi connectivity index (χ0v) is 8.92. The molecule has 1 aromatic heterocycles. The largest absolute Gasteiger partial charge is 0.453 e. The number of hydrogen-bond donors (Lipinski definition) is 0. The van der Waals surface area contributed by atoms with Gasteiger partial charge in [0.05, 0.1) is 5.39 Å². The SMILES string of the molecule is Cc1ccc(F)c2cc(C(=O)C3CC3)oc12. The third-order valence-electron chi connectivity index (χ3n) is 3.02. The number of ketones is 1. The van der Waals surface area contributed by atoms with E-state index in [1.165, 1.54) is 12.1 Å². The third kappa shape index (κ3) is 1.35. The molecule has 0 unspecified atom stereocenters. The molecule has 2 aromatic rings. The molecule has 0 atom stereocenters. The Morgan fingerprint density at radius 3 is 2.81 bits per heavy atom. The van der Waals surface area contributed by atoms with Gasteiger partial charge in [-0.2, -0.15) is 0 Å². The highest BCUT2D eigenvalue weighted by atomic mass is 19.1. The summed E-state index contributed by atoms with van der Waals surface area (Å²) in [6.07, 6.45) is 1.86. The highest BCUT2D eigenvalue weighted by Gasteiger charge is 2.32. The van der Waals surface area contributed by atoms with E-state index in [-0.39, 0.29) is 17.5 Å². The minimum Gasteiger partial charge on any atom is -0.453 e. The Hall–Kier alpha value is -1.64. The first-order valence-corrected chi connectivity index (χ1v) is 5.39. The van der Waals surface area contributed by atoms with E-state index in [0.717, 1.165) is 18.4 Å². The number of benzene rings is 1. The summed E-state index contributed by atoms with van der Waals surface area (Å²) in [5.74, 6) is 0.0730. The van der Waals surface area contributed by atoms with Crippen LogP contribution in [0.25, 0.3) is 11.0 Å². The van der Waals surface area contributed by atoms with Gasteiger partial charge in [0, 0.05) is 5.92 Å². The van der Waals surface area contributed by atoms with Crippen LogP contribution in [0.5, 0.6) is 0 Å². The summed E-state index contributed by atoms with van der Waals surface area (Å²) in [7, 11) is 0. The van der Waals surface area contributed by atoms with Crippen LogP contribution in [-0.4, -0.2) is 5.78 Å². The lowest BCUT2D eigenvalue weighted by Crippen LogP contribution is -1.98. The molecule has 3 rings (SSSR count). The maximum Gasteiger partial charge on any atom is 0.201 e. The molecule has 82 valence electrons. The van der Waals surface area contributed by atoms with Crippen molar-refractivity contribution < 1.29 is 13.6 Å². The molecule has 1 saturated carbocycles. The highest BCUT2D eigenvalue weighted by molar-refractivity contribution is 6.00. The predicted octanol–water partition coefficient (Wildman–Crippen LogP) is 3.47. The maximum absolute atomic E-state index is 13.5. The maximum atomic E-state index is 13.5. The van der Waals surface area contributed by atoms with E-state index < -0.39 is 0 Å². The van der Waals surface area contributed by atoms with Gasteiger partial charge in [-0.15, -0.1) is 0 Å². The molecule has 1 fully saturated rings. The van der Waals surface area contributed by atoms with Gasteiger partial charge < -0.3 is 4.42 Å². The number of Topliss-reactive ketones (excluding diaryl/α,β-unsaturated/α-hetero) is 1. The molecule has 0 aliphatic heterocycles. The lowest BCUT2D eigenvalue weighted by molar-refractivity contribution is 0.0942. The lowest BCUT2D eigenvalue weighted by Gasteiger charge is -1.94. The monoisotopic (exact) mass is 218 g/mol. The highest BCUT2D eigenvalue weighted by Crippen LogP contribution is 2.35. The Morgan fingerprint density at radius 1 is 1.44 bits per heavy atom. The van der Waals surface area contributed by atoms with Crippen molar-refractivity contribution in [1.29, 1.82) is 0 Å². The predicted molar refractivity (Wildman–Crippen MR) is 58.0 cm³/mol. The first-order chi connectivity index (χ1) is 7.66. The van der Waals surface area contributed by atoms with Crippen LogP contribution >= 0.6 is 0 Å². The quantitative estimate of drug-likeness (QED) is 0.722. The molecule has 0 amide bonds. The van der Waals surface area contributed by atoms with E-state index in [1.54, 1.807) is 6.07 Å². The standard InChI is InChI=1S/C13H11FO2/c1-7-2-5-10(14)9-6-11(16-13(7)9)12(15)8-3-4-8/h2,5-6,8H,3-4H2,1H3. The summed E-state index contributed by atoms with van der Waals surface area (Å²) < 4.78 is 18.9. The smallest absolute Gasteiger partial charge is 0.201 e. The molecule has 1 heterocycles. The zero-order valence-electron chi connectivity index (χ0n) is 8.92. The number of fused-ring (bicyclic) bond motifs is 1. The van der Waals surface area contributed by atoms with Crippen LogP contribution in [0.1, 0.15) is 29.0 Å². The van der Waals surface area contributed by atoms with Gasteiger partial charge >= 0.3 is 0 Å². The van der Waals surface area contributed by atoms with Crippen LogP contribution in [0.3, 0.4) is 0 Å². The molecule has 1 aliphatic carbocycles. The van der Waals surface area contributed by atoms with Crippen molar-refractivity contribution in [3.8, 4) is 0 Å². The second kappa shape index (κ2) is 3.17. The minimum absolute atomic E-state index is 0.00926. The second-order valence-corrected chi connectivity index (χ2v) is 4.36. The van der Waals surface area contributed by atoms with E-state index in [9.17, 15) is 9.18 Å². The van der Waals surface area contributed by atoms with Crippen LogP contribution in [0.2, 0.25) is 0 Å². The number of carbonyl (C=O) groups excluding carboxylic acids is 1. The summed E-state index contributed by atoms with van der Waals surface area (Å²) in [4.78, 5) is 11.8. The minimum atomic E-state index is -0.334. The van der Waals surface area contributed by atoms with E-state index in [1.807, 2.05) is 6.92 Å². The summed E-state index contributed by atoms with van der Waals surface area (Å²) in [5, 5.41) is 0.406. The summed E-state index contributed by atoms with van der Waals surface area (Å²) >= 11 is 0. The molecular formula is C13H11FO2. The number of furan rings is 1. The normalized spacial score (nSPS) is 15.6. The van der Waals surface area contributed by atoms with Crippen LogP contribution in [-0.2, 0) is 0 Å². The Balaban J connectivity index is 2.18. The van der Waals surface area contributed by atoms with Crippen LogP contribution < -0.4 is 0 Å². The number of carbonyl (C=O) groups is 1. The van der Waals surface area contributed by atoms with Crippen LogP contribution in [0.4, 0.5) is 4.39 Å². The lowest BCUT2D eigenvalue weighted by atomic mass is 10.1. The molecule has 3 heteroatoms. The van der Waals surface area contributed by atoms with Gasteiger partial charge in [0.1, 0.15) is 11.4 Å². The topological polar surface area (TPSA) is 30.2 Å². The molecule has 0 bridgehead atoms. The van der Waals surface area contributed by atoms with Gasteiger partial charge in [0.25, 0.3) is 0 Å². The second-order valence-electron chi connectivity index (χ2n) is 4.36. The van der Waals surface area contributed by atoms with Crippen LogP contribution in [0, 0.1) is 18.7 Å². The Morgan fingerprint density at radius 2 is 2.19 bits per heavy atom. The van der Waals surface area contributed by atoms with Crippen molar-refractivity contribution in [2.24, 2.45) is 5.92 Å². The molecule has 16 heavy (non-hydrogen) atoms. The fourth-order valence-electron chi connectivity index (χ4n) is 1.89. The molecule has 0 saturated heterocycles. The number of halogens is 1. The molecule has 0 N–H and O–H groups in total. The van der Waals surface area contributed by atoms with Gasteiger partial charge in [0.15, 0.2) is 5.76 Å². The Labute approximate surface area is 92.1 Å². The first-order valence-electron chi connectivity index (χ1n) is 5.39. The molecule has 1 aliphatic rings. The van der Waals surface area contributed by atoms with Gasteiger partial charge in [-0.25, -0.2) is 4.39 Å². The fourth-order valence-corrected chi connectivity index (χ4v) is 1.89. The van der Waals surface area contributed by atoms with Crippen molar-refractivity contribution >= 4 is 16.8 Å². The average molecular weight is 218 g/mol. The fraction of sp³-hybridized carbons (Fsp3) is 0.308. The van der Waals surface area contributed by atoms with Crippen molar-refractivity contribution in [3.05, 3.63) is 35.3 Å². The Kier molecular flexibility index (Phi) is 1.90. The molecule has 0 spiro atoms. The van der Waals surface area contributed by atoms with Gasteiger partial charge in [-0.1, -0.05) is 6.07 Å². The van der Waals surface area contributed by atoms with Crippen molar-refractivity contribution in [1.82, 2.24) is 0 Å². The van der Waals surface area contributed by atoms with Crippen LogP contribution in [0.15, 0.2) is 22.6 Å². The molecule has 2 nitrogen and oxygen atoms in total. The zero-order chi connectivity index (χ0) is 11.3. The number of rotatable bonds is 2. The third-order valence-corrected chi connectivity index (χ3v) is 3.02. The van der Waals surface area contributed by atoms with Gasteiger partial charge in [-0.05, 0) is 37.5 Å². The average Bonchev–Trinajstić information content (AvgIpc) is 3.01. The summed E-state index contributed by atoms with van der Waals surface area (Å²) in [6, 6.07) is 4.59. The van der Waals surface area contributed by atoms with Gasteiger partial charge in [-0.3, -0.25) is 4.79 Å². The number of aryl methyl sites for hydroxylation is 1. The van der Waals surface area contributed by atoms with E-state index in [0.29, 0.717) is 16.7 Å². The first kappa shape index (κ1) is 9.58. The van der Waals surface area contributed by atoms with Crippen molar-refractivity contribution in [3.63, 3.8) is 0 Å². The van der Waals surface area contributed by atoms with E-state index in [4.69, 9.17) is 4.42 Å². The molecule has 0 radical (unpaired) electrons. The van der Waals surface area contributed by atoms with E-state index >= 15 is 0 Å². The summed E-state index contributed by atoms with van der Waals surface area (Å²) in [6.45, 7) is 1.84. The van der Waals surface area contributed by atoms with Crippen molar-refractivity contribution in [2.45, 2.75) is 19.8 Å². The Bertz CT molecular complexity index is 540. The number of hydrogen-bond acceptors (Lipinski definition) is 2.